The highest BCUT2D eigenvalue weighted by molar-refractivity contribution is 7.98. The van der Waals surface area contributed by atoms with Crippen molar-refractivity contribution in [2.75, 3.05) is 19.1 Å². The predicted octanol–water partition coefficient (Wildman–Crippen LogP) is 1.43. The summed E-state index contributed by atoms with van der Waals surface area (Å²) in [4.78, 5) is 48.8. The Labute approximate surface area is 188 Å². The number of hydrogen-bond donors (Lipinski definition) is 3. The van der Waals surface area contributed by atoms with Crippen molar-refractivity contribution in [2.45, 2.75) is 57.2 Å². The molecule has 0 spiro atoms. The molecule has 0 unspecified atom stereocenters. The second kappa shape index (κ2) is 15.3. The van der Waals surface area contributed by atoms with Gasteiger partial charge in [0.1, 0.15) is 18.1 Å². The van der Waals surface area contributed by atoms with Gasteiger partial charge in [0.05, 0.1) is 7.11 Å². The second-order valence-electron chi connectivity index (χ2n) is 7.10. The molecule has 0 aliphatic carbocycles. The van der Waals surface area contributed by atoms with Crippen molar-refractivity contribution in [1.82, 2.24) is 16.0 Å². The van der Waals surface area contributed by atoms with Crippen LogP contribution in [0.25, 0.3) is 0 Å². The van der Waals surface area contributed by atoms with Crippen LogP contribution in [-0.2, 0) is 30.3 Å². The van der Waals surface area contributed by atoms with E-state index in [1.54, 1.807) is 11.8 Å². The molecule has 3 atom stereocenters. The quantitative estimate of drug-likeness (QED) is 0.275. The van der Waals surface area contributed by atoms with Crippen LogP contribution in [0, 0.1) is 0 Å². The first-order valence-corrected chi connectivity index (χ1v) is 11.8. The average molecular weight is 452 g/mol. The highest BCUT2D eigenvalue weighted by Gasteiger charge is 2.29. The maximum absolute atomic E-state index is 13.0. The Bertz CT molecular complexity index is 702. The van der Waals surface area contributed by atoms with E-state index in [2.05, 4.69) is 16.0 Å². The van der Waals surface area contributed by atoms with Crippen LogP contribution >= 0.6 is 11.8 Å². The molecule has 0 saturated carbocycles. The van der Waals surface area contributed by atoms with Gasteiger partial charge in [-0.2, -0.15) is 11.8 Å². The van der Waals surface area contributed by atoms with Crippen LogP contribution in [0.3, 0.4) is 0 Å². The summed E-state index contributed by atoms with van der Waals surface area (Å²) in [5.74, 6) is -0.747. The Kier molecular flexibility index (Phi) is 13.1. The van der Waals surface area contributed by atoms with Gasteiger partial charge in [0.2, 0.25) is 18.2 Å². The van der Waals surface area contributed by atoms with E-state index in [1.165, 1.54) is 7.11 Å². The average Bonchev–Trinajstić information content (AvgIpc) is 2.78. The zero-order valence-corrected chi connectivity index (χ0v) is 19.2. The number of hydrogen-bond acceptors (Lipinski definition) is 6. The van der Waals surface area contributed by atoms with E-state index in [0.29, 0.717) is 25.0 Å². The number of esters is 1. The van der Waals surface area contributed by atoms with E-state index in [1.807, 2.05) is 43.5 Å². The number of methoxy groups -OCH3 is 1. The molecule has 0 radical (unpaired) electrons. The molecule has 31 heavy (non-hydrogen) atoms. The molecule has 3 amide bonds. The molecule has 0 fully saturated rings. The van der Waals surface area contributed by atoms with Gasteiger partial charge in [0.25, 0.3) is 0 Å². The zero-order valence-electron chi connectivity index (χ0n) is 18.4. The summed E-state index contributed by atoms with van der Waals surface area (Å²) in [7, 11) is 1.27. The first-order valence-electron chi connectivity index (χ1n) is 10.4. The van der Waals surface area contributed by atoms with Crippen LogP contribution in [0.2, 0.25) is 0 Å². The number of benzene rings is 1. The van der Waals surface area contributed by atoms with E-state index < -0.39 is 35.9 Å². The minimum atomic E-state index is -0.874. The summed E-state index contributed by atoms with van der Waals surface area (Å²) >= 11 is 1.56. The normalized spacial score (nSPS) is 13.4. The predicted molar refractivity (Wildman–Crippen MR) is 122 cm³/mol. The molecule has 8 nitrogen and oxygen atoms in total. The van der Waals surface area contributed by atoms with Crippen molar-refractivity contribution >= 4 is 36.0 Å². The molecule has 0 aliphatic heterocycles. The molecular formula is C22H33N3O5S. The van der Waals surface area contributed by atoms with Crippen molar-refractivity contribution in [2.24, 2.45) is 0 Å². The Balaban J connectivity index is 2.90. The summed E-state index contributed by atoms with van der Waals surface area (Å²) in [5, 5.41) is 7.97. The summed E-state index contributed by atoms with van der Waals surface area (Å²) in [6.45, 7) is 1.98. The molecular weight excluding hydrogens is 418 g/mol. The number of carbonyl (C=O) groups excluding carboxylic acids is 4. The number of unbranched alkanes of at least 4 members (excludes halogenated alkanes) is 1. The lowest BCUT2D eigenvalue weighted by Gasteiger charge is -2.24. The number of thioether (sulfide) groups is 1. The van der Waals surface area contributed by atoms with Gasteiger partial charge < -0.3 is 20.7 Å². The van der Waals surface area contributed by atoms with Crippen LogP contribution in [0.15, 0.2) is 30.3 Å². The fourth-order valence-electron chi connectivity index (χ4n) is 3.01. The Morgan fingerprint density at radius 2 is 1.68 bits per heavy atom. The third kappa shape index (κ3) is 9.87. The van der Waals surface area contributed by atoms with Crippen LogP contribution in [0.5, 0.6) is 0 Å². The largest absolute Gasteiger partial charge is 0.467 e. The number of carbonyl (C=O) groups is 4. The molecule has 0 saturated heterocycles. The maximum atomic E-state index is 13.0. The topological polar surface area (TPSA) is 114 Å². The number of nitrogens with one attached hydrogen (secondary N) is 3. The van der Waals surface area contributed by atoms with Gasteiger partial charge in [-0.25, -0.2) is 4.79 Å². The van der Waals surface area contributed by atoms with Crippen molar-refractivity contribution in [3.05, 3.63) is 35.9 Å². The van der Waals surface area contributed by atoms with Crippen LogP contribution < -0.4 is 16.0 Å². The van der Waals surface area contributed by atoms with E-state index in [4.69, 9.17) is 4.74 Å². The van der Waals surface area contributed by atoms with Gasteiger partial charge in [-0.05, 0) is 30.4 Å². The van der Waals surface area contributed by atoms with E-state index >= 15 is 0 Å². The van der Waals surface area contributed by atoms with Crippen molar-refractivity contribution < 1.29 is 23.9 Å². The van der Waals surface area contributed by atoms with E-state index in [-0.39, 0.29) is 6.42 Å². The minimum Gasteiger partial charge on any atom is -0.467 e. The van der Waals surface area contributed by atoms with Crippen LogP contribution in [0.4, 0.5) is 0 Å². The van der Waals surface area contributed by atoms with Crippen molar-refractivity contribution in [3.8, 4) is 0 Å². The highest BCUT2D eigenvalue weighted by atomic mass is 32.2. The lowest BCUT2D eigenvalue weighted by Crippen LogP contribution is -2.55. The lowest BCUT2D eigenvalue weighted by molar-refractivity contribution is -0.145. The number of rotatable bonds is 15. The van der Waals surface area contributed by atoms with Gasteiger partial charge in [0.15, 0.2) is 0 Å². The molecule has 3 N–H and O–H groups in total. The standard InChI is InChI=1S/C22H33N3O5S/c1-4-5-11-18(24-20(27)17(23-15-26)12-13-31-3)21(28)25-19(22(29)30-2)14-16-9-7-6-8-10-16/h6-10,15,17-19H,4-5,11-14H2,1-3H3,(H,23,26)(H,24,27)(H,25,28)/t17-,18-,19-/m0/s1. The van der Waals surface area contributed by atoms with Crippen LogP contribution in [-0.4, -0.2) is 61.4 Å². The monoisotopic (exact) mass is 451 g/mol. The summed E-state index contributed by atoms with van der Waals surface area (Å²) in [6, 6.07) is 6.88. The maximum Gasteiger partial charge on any atom is 0.328 e. The SMILES string of the molecule is CCCC[C@H](NC(=O)[C@H](CCSC)NC=O)C(=O)N[C@@H](Cc1ccccc1)C(=O)OC. The fraction of sp³-hybridized carbons (Fsp3) is 0.545. The molecule has 0 aliphatic rings. The molecule has 0 heterocycles. The summed E-state index contributed by atoms with van der Waals surface area (Å²) in [5.41, 5.74) is 0.875. The number of amides is 3. The minimum absolute atomic E-state index is 0.275. The zero-order chi connectivity index (χ0) is 23.1. The van der Waals surface area contributed by atoms with Gasteiger partial charge in [-0.15, -0.1) is 0 Å². The summed E-state index contributed by atoms with van der Waals surface area (Å²) < 4.78 is 4.85. The molecule has 1 rings (SSSR count). The highest BCUT2D eigenvalue weighted by Crippen LogP contribution is 2.08. The van der Waals surface area contributed by atoms with Crippen molar-refractivity contribution in [3.63, 3.8) is 0 Å². The molecule has 0 bridgehead atoms. The van der Waals surface area contributed by atoms with Crippen molar-refractivity contribution in [1.29, 1.82) is 0 Å². The fourth-order valence-corrected chi connectivity index (χ4v) is 3.49. The number of ether oxygens (including phenoxy) is 1. The molecule has 9 heteroatoms. The van der Waals surface area contributed by atoms with Gasteiger partial charge in [0, 0.05) is 6.42 Å². The summed E-state index contributed by atoms with van der Waals surface area (Å²) in [6.07, 6.45) is 5.10. The molecule has 0 aromatic heterocycles. The van der Waals surface area contributed by atoms with E-state index in [0.717, 1.165) is 18.4 Å². The van der Waals surface area contributed by atoms with Gasteiger partial charge in [-0.1, -0.05) is 50.1 Å². The second-order valence-corrected chi connectivity index (χ2v) is 8.08. The van der Waals surface area contributed by atoms with Gasteiger partial charge >= 0.3 is 5.97 Å². The third-order valence-corrected chi connectivity index (χ3v) is 5.40. The molecule has 172 valence electrons. The Morgan fingerprint density at radius 1 is 1.03 bits per heavy atom. The first-order chi connectivity index (χ1) is 15.0. The smallest absolute Gasteiger partial charge is 0.328 e. The van der Waals surface area contributed by atoms with Gasteiger partial charge in [-0.3, -0.25) is 14.4 Å². The third-order valence-electron chi connectivity index (χ3n) is 4.76. The lowest BCUT2D eigenvalue weighted by atomic mass is 10.0. The Hall–Kier alpha value is -2.55. The van der Waals surface area contributed by atoms with Crippen LogP contribution in [0.1, 0.15) is 38.2 Å². The Morgan fingerprint density at radius 3 is 2.26 bits per heavy atom. The first kappa shape index (κ1) is 26.5. The molecule has 1 aromatic rings. The molecule has 1 aromatic carbocycles. The van der Waals surface area contributed by atoms with E-state index in [9.17, 15) is 19.2 Å².